The molecule has 2 aromatic heterocycles. The second-order valence-electron chi connectivity index (χ2n) is 5.61. The van der Waals surface area contributed by atoms with Gasteiger partial charge >= 0.3 is 11.7 Å². The van der Waals surface area contributed by atoms with Crippen LogP contribution in [0.4, 0.5) is 0 Å². The lowest BCUT2D eigenvalue weighted by atomic mass is 10.1. The molecule has 0 unspecified atom stereocenters. The van der Waals surface area contributed by atoms with E-state index in [-0.39, 0.29) is 13.2 Å². The lowest BCUT2D eigenvalue weighted by Gasteiger charge is -2.05. The number of nitrogens with two attached hydrogens (primary N) is 1. The maximum Gasteiger partial charge on any atom is 0.350 e. The molecule has 3 rings (SSSR count). The van der Waals surface area contributed by atoms with E-state index in [9.17, 15) is 9.59 Å². The molecule has 0 aliphatic rings. The van der Waals surface area contributed by atoms with Crippen LogP contribution in [0.15, 0.2) is 41.3 Å². The number of H-pyrrole nitrogens is 1. The number of ether oxygens (including phenoxy) is 2. The molecule has 0 radical (unpaired) electrons. The summed E-state index contributed by atoms with van der Waals surface area (Å²) in [6.45, 7) is 2.68. The van der Waals surface area contributed by atoms with Crippen molar-refractivity contribution < 1.29 is 14.3 Å². The van der Waals surface area contributed by atoms with E-state index in [4.69, 9.17) is 15.2 Å². The van der Waals surface area contributed by atoms with Crippen molar-refractivity contribution in [2.24, 2.45) is 5.73 Å². The molecule has 0 spiro atoms. The first-order chi connectivity index (χ1) is 12.6. The van der Waals surface area contributed by atoms with Gasteiger partial charge in [-0.3, -0.25) is 9.36 Å². The maximum atomic E-state index is 12.1. The number of hydrogen-bond donors (Lipinski definition) is 2. The first-order valence-corrected chi connectivity index (χ1v) is 8.30. The number of hydrogen-bond acceptors (Lipinski definition) is 6. The van der Waals surface area contributed by atoms with Crippen LogP contribution in [-0.4, -0.2) is 40.3 Å². The minimum atomic E-state index is -0.515. The number of rotatable bonds is 7. The monoisotopic (exact) mass is 356 g/mol. The molecular weight excluding hydrogens is 336 g/mol. The van der Waals surface area contributed by atoms with Crippen molar-refractivity contribution in [3.05, 3.63) is 47.0 Å². The van der Waals surface area contributed by atoms with Crippen molar-refractivity contribution in [3.8, 4) is 17.0 Å². The summed E-state index contributed by atoms with van der Waals surface area (Å²) in [5.41, 5.74) is 7.08. The standard InChI is InChI=1S/C18H20N4O4/c1-2-25-16(23)11-22-10-13-9-15(20-17(13)21-18(22)24)12-4-3-5-14(8-12)26-7-6-19/h3-5,8-10H,2,6-7,11,19H2,1H3,(H,20,21,24). The van der Waals surface area contributed by atoms with E-state index in [1.165, 1.54) is 4.57 Å². The highest BCUT2D eigenvalue weighted by molar-refractivity contribution is 5.82. The fraction of sp³-hybridized carbons (Fsp3) is 0.278. The van der Waals surface area contributed by atoms with Gasteiger partial charge in [0.25, 0.3) is 0 Å². The topological polar surface area (TPSA) is 112 Å². The average Bonchev–Trinajstić information content (AvgIpc) is 3.03. The van der Waals surface area contributed by atoms with Crippen LogP contribution in [0.1, 0.15) is 6.92 Å². The van der Waals surface area contributed by atoms with Gasteiger partial charge in [0.15, 0.2) is 0 Å². The predicted octanol–water partition coefficient (Wildman–Crippen LogP) is 1.29. The molecule has 0 bridgehead atoms. The molecule has 3 aromatic rings. The minimum Gasteiger partial charge on any atom is -0.492 e. The third-order valence-electron chi connectivity index (χ3n) is 3.71. The first kappa shape index (κ1) is 17.7. The Morgan fingerprint density at radius 3 is 2.96 bits per heavy atom. The van der Waals surface area contributed by atoms with Gasteiger partial charge in [-0.1, -0.05) is 12.1 Å². The summed E-state index contributed by atoms with van der Waals surface area (Å²) in [6.07, 6.45) is 1.59. The summed E-state index contributed by atoms with van der Waals surface area (Å²) >= 11 is 0. The van der Waals surface area contributed by atoms with Gasteiger partial charge in [0.05, 0.1) is 6.61 Å². The highest BCUT2D eigenvalue weighted by atomic mass is 16.5. The first-order valence-electron chi connectivity index (χ1n) is 8.30. The number of carbonyl (C=O) groups is 1. The molecule has 136 valence electrons. The molecule has 0 aliphatic carbocycles. The van der Waals surface area contributed by atoms with E-state index >= 15 is 0 Å². The number of esters is 1. The van der Waals surface area contributed by atoms with Crippen molar-refractivity contribution >= 4 is 17.0 Å². The number of benzene rings is 1. The molecule has 8 nitrogen and oxygen atoms in total. The molecule has 26 heavy (non-hydrogen) atoms. The van der Waals surface area contributed by atoms with Crippen LogP contribution in [0.3, 0.4) is 0 Å². The maximum absolute atomic E-state index is 12.1. The molecule has 0 saturated carbocycles. The van der Waals surface area contributed by atoms with Gasteiger partial charge in [-0.15, -0.1) is 0 Å². The van der Waals surface area contributed by atoms with Crippen molar-refractivity contribution in [3.63, 3.8) is 0 Å². The van der Waals surface area contributed by atoms with Crippen LogP contribution in [0, 0.1) is 0 Å². The Labute approximate surface area is 149 Å². The summed E-state index contributed by atoms with van der Waals surface area (Å²) in [7, 11) is 0. The molecule has 0 saturated heterocycles. The van der Waals surface area contributed by atoms with Crippen LogP contribution in [0.2, 0.25) is 0 Å². The average molecular weight is 356 g/mol. The summed E-state index contributed by atoms with van der Waals surface area (Å²) in [6, 6.07) is 9.39. The Bertz CT molecular complexity index is 977. The van der Waals surface area contributed by atoms with Gasteiger partial charge in [0, 0.05) is 29.4 Å². The van der Waals surface area contributed by atoms with Crippen LogP contribution >= 0.6 is 0 Å². The third kappa shape index (κ3) is 3.92. The Morgan fingerprint density at radius 2 is 2.19 bits per heavy atom. The zero-order valence-electron chi connectivity index (χ0n) is 14.4. The number of carbonyl (C=O) groups excluding carboxylic acids is 1. The van der Waals surface area contributed by atoms with Gasteiger partial charge in [0.2, 0.25) is 0 Å². The van der Waals surface area contributed by atoms with E-state index in [1.54, 1.807) is 13.1 Å². The van der Waals surface area contributed by atoms with Crippen LogP contribution in [0.5, 0.6) is 5.75 Å². The van der Waals surface area contributed by atoms with Gasteiger partial charge in [0.1, 0.15) is 24.5 Å². The molecule has 0 atom stereocenters. The van der Waals surface area contributed by atoms with Crippen LogP contribution < -0.4 is 16.2 Å². The quantitative estimate of drug-likeness (QED) is 0.617. The second kappa shape index (κ2) is 7.83. The Kier molecular flexibility index (Phi) is 5.33. The highest BCUT2D eigenvalue weighted by Gasteiger charge is 2.11. The summed E-state index contributed by atoms with van der Waals surface area (Å²) < 4.78 is 11.6. The fourth-order valence-electron chi connectivity index (χ4n) is 2.58. The molecule has 1 aromatic carbocycles. The van der Waals surface area contributed by atoms with Crippen LogP contribution in [-0.2, 0) is 16.1 Å². The van der Waals surface area contributed by atoms with Gasteiger partial charge in [-0.25, -0.2) is 4.79 Å². The lowest BCUT2D eigenvalue weighted by Crippen LogP contribution is -2.26. The normalized spacial score (nSPS) is 10.8. The summed E-state index contributed by atoms with van der Waals surface area (Å²) in [5.74, 6) is 0.234. The predicted molar refractivity (Wildman–Crippen MR) is 97.0 cm³/mol. The van der Waals surface area contributed by atoms with Gasteiger partial charge < -0.3 is 20.2 Å². The largest absolute Gasteiger partial charge is 0.492 e. The zero-order valence-corrected chi connectivity index (χ0v) is 14.4. The smallest absolute Gasteiger partial charge is 0.350 e. The summed E-state index contributed by atoms with van der Waals surface area (Å²) in [5, 5.41) is 0.720. The van der Waals surface area contributed by atoms with E-state index in [2.05, 4.69) is 9.97 Å². The highest BCUT2D eigenvalue weighted by Crippen LogP contribution is 2.25. The molecule has 0 aliphatic heterocycles. The molecule has 0 amide bonds. The zero-order chi connectivity index (χ0) is 18.5. The van der Waals surface area contributed by atoms with E-state index < -0.39 is 11.7 Å². The number of nitrogens with one attached hydrogen (secondary N) is 1. The number of nitrogens with zero attached hydrogens (tertiary/aromatic N) is 2. The van der Waals surface area contributed by atoms with Crippen molar-refractivity contribution in [2.45, 2.75) is 13.5 Å². The molecule has 0 fully saturated rings. The summed E-state index contributed by atoms with van der Waals surface area (Å²) in [4.78, 5) is 30.8. The van der Waals surface area contributed by atoms with Crippen molar-refractivity contribution in [1.82, 2.24) is 14.5 Å². The number of fused-ring (bicyclic) bond motifs is 1. The van der Waals surface area contributed by atoms with E-state index in [0.717, 1.165) is 16.6 Å². The van der Waals surface area contributed by atoms with Crippen LogP contribution in [0.25, 0.3) is 22.3 Å². The molecular formula is C18H20N4O4. The van der Waals surface area contributed by atoms with Crippen molar-refractivity contribution in [1.29, 1.82) is 0 Å². The van der Waals surface area contributed by atoms with Crippen molar-refractivity contribution in [2.75, 3.05) is 19.8 Å². The molecule has 8 heteroatoms. The molecule has 2 heterocycles. The Morgan fingerprint density at radius 1 is 1.35 bits per heavy atom. The number of aromatic amines is 1. The third-order valence-corrected chi connectivity index (χ3v) is 3.71. The SMILES string of the molecule is CCOC(=O)Cn1cc2cc(-c3cccc(OCCN)c3)[nH]c2nc1=O. The van der Waals surface area contributed by atoms with Gasteiger partial charge in [-0.05, 0) is 25.1 Å². The fourth-order valence-corrected chi connectivity index (χ4v) is 2.58. The Hall–Kier alpha value is -3.13. The minimum absolute atomic E-state index is 0.168. The van der Waals surface area contributed by atoms with E-state index in [1.807, 2.05) is 30.3 Å². The Balaban J connectivity index is 1.92. The molecule has 3 N–H and O–H groups in total. The number of aromatic nitrogens is 3. The second-order valence-corrected chi connectivity index (χ2v) is 5.61. The van der Waals surface area contributed by atoms with Gasteiger partial charge in [-0.2, -0.15) is 4.98 Å². The van der Waals surface area contributed by atoms with E-state index in [0.29, 0.717) is 24.5 Å². The lowest BCUT2D eigenvalue weighted by molar-refractivity contribution is -0.143.